The Bertz CT molecular complexity index is 488. The van der Waals surface area contributed by atoms with E-state index >= 15 is 0 Å². The van der Waals surface area contributed by atoms with Crippen molar-refractivity contribution in [1.82, 2.24) is 5.32 Å². The van der Waals surface area contributed by atoms with Crippen molar-refractivity contribution in [2.45, 2.75) is 51.0 Å². The SMILES string of the molecule is COc1cc(CN[C@@H]2CCCC[C@H]2O)cc(OC)c1OC(F)F. The lowest BCUT2D eigenvalue weighted by Crippen LogP contribution is -2.41. The molecule has 0 unspecified atom stereocenters. The van der Waals surface area contributed by atoms with Gasteiger partial charge in [0.05, 0.1) is 20.3 Å². The third-order valence-electron chi connectivity index (χ3n) is 4.03. The molecule has 0 spiro atoms. The summed E-state index contributed by atoms with van der Waals surface area (Å²) >= 11 is 0. The predicted octanol–water partition coefficient (Wildman–Crippen LogP) is 2.70. The quantitative estimate of drug-likeness (QED) is 0.804. The maximum absolute atomic E-state index is 12.5. The van der Waals surface area contributed by atoms with Gasteiger partial charge in [0.15, 0.2) is 11.5 Å². The summed E-state index contributed by atoms with van der Waals surface area (Å²) in [6.07, 6.45) is 3.49. The molecular formula is C16H23F2NO4. The van der Waals surface area contributed by atoms with E-state index in [9.17, 15) is 13.9 Å². The highest BCUT2D eigenvalue weighted by Gasteiger charge is 2.23. The van der Waals surface area contributed by atoms with Gasteiger partial charge in [0.2, 0.25) is 5.75 Å². The molecule has 1 aromatic rings. The zero-order chi connectivity index (χ0) is 16.8. The summed E-state index contributed by atoms with van der Waals surface area (Å²) in [6.45, 7) is -2.48. The predicted molar refractivity (Wildman–Crippen MR) is 81.3 cm³/mol. The van der Waals surface area contributed by atoms with Crippen molar-refractivity contribution in [2.24, 2.45) is 0 Å². The van der Waals surface area contributed by atoms with Crippen molar-refractivity contribution in [3.05, 3.63) is 17.7 Å². The lowest BCUT2D eigenvalue weighted by Gasteiger charge is -2.28. The highest BCUT2D eigenvalue weighted by molar-refractivity contribution is 5.53. The van der Waals surface area contributed by atoms with Crippen molar-refractivity contribution < 1.29 is 28.1 Å². The van der Waals surface area contributed by atoms with Crippen LogP contribution in [0.25, 0.3) is 0 Å². The molecule has 130 valence electrons. The van der Waals surface area contributed by atoms with Crippen LogP contribution in [0.15, 0.2) is 12.1 Å². The van der Waals surface area contributed by atoms with E-state index in [1.54, 1.807) is 12.1 Å². The topological polar surface area (TPSA) is 60.0 Å². The van der Waals surface area contributed by atoms with Crippen LogP contribution in [0, 0.1) is 0 Å². The monoisotopic (exact) mass is 331 g/mol. The maximum atomic E-state index is 12.5. The molecule has 2 rings (SSSR count). The number of rotatable bonds is 7. The normalized spacial score (nSPS) is 21.3. The fourth-order valence-corrected chi connectivity index (χ4v) is 2.84. The molecule has 2 atom stereocenters. The number of ether oxygens (including phenoxy) is 3. The van der Waals surface area contributed by atoms with Crippen molar-refractivity contribution in [3.8, 4) is 17.2 Å². The molecule has 1 aliphatic carbocycles. The Labute approximate surface area is 134 Å². The summed E-state index contributed by atoms with van der Waals surface area (Å²) in [5, 5.41) is 13.3. The fraction of sp³-hybridized carbons (Fsp3) is 0.625. The van der Waals surface area contributed by atoms with Gasteiger partial charge in [0.25, 0.3) is 0 Å². The van der Waals surface area contributed by atoms with Crippen LogP contribution < -0.4 is 19.5 Å². The van der Waals surface area contributed by atoms with Crippen molar-refractivity contribution in [2.75, 3.05) is 14.2 Å². The van der Waals surface area contributed by atoms with Crippen LogP contribution in [0.4, 0.5) is 8.78 Å². The van der Waals surface area contributed by atoms with E-state index < -0.39 is 6.61 Å². The first-order valence-electron chi connectivity index (χ1n) is 7.66. The number of hydrogen-bond acceptors (Lipinski definition) is 5. The van der Waals surface area contributed by atoms with Gasteiger partial charge in [-0.3, -0.25) is 0 Å². The zero-order valence-corrected chi connectivity index (χ0v) is 13.4. The Hall–Kier alpha value is -1.60. The lowest BCUT2D eigenvalue weighted by atomic mass is 9.92. The van der Waals surface area contributed by atoms with Crippen LogP contribution in [-0.2, 0) is 6.54 Å². The number of methoxy groups -OCH3 is 2. The molecule has 5 nitrogen and oxygen atoms in total. The number of hydrogen-bond donors (Lipinski definition) is 2. The van der Waals surface area contributed by atoms with Crippen LogP contribution in [0.1, 0.15) is 31.2 Å². The standard InChI is InChI=1S/C16H23F2NO4/c1-21-13-7-10(8-14(22-2)15(13)23-16(17)18)9-19-11-5-3-4-6-12(11)20/h7-8,11-12,16,19-20H,3-6,9H2,1-2H3/t11-,12-/m1/s1. The zero-order valence-electron chi connectivity index (χ0n) is 13.4. The first-order chi connectivity index (χ1) is 11.0. The van der Waals surface area contributed by atoms with Crippen molar-refractivity contribution in [1.29, 1.82) is 0 Å². The van der Waals surface area contributed by atoms with Gasteiger partial charge in [-0.1, -0.05) is 12.8 Å². The van der Waals surface area contributed by atoms with Crippen LogP contribution >= 0.6 is 0 Å². The molecule has 2 N–H and O–H groups in total. The third-order valence-corrected chi connectivity index (χ3v) is 4.03. The second-order valence-electron chi connectivity index (χ2n) is 5.55. The van der Waals surface area contributed by atoms with E-state index in [4.69, 9.17) is 9.47 Å². The molecule has 0 heterocycles. The summed E-state index contributed by atoms with van der Waals surface area (Å²) < 4.78 is 39.8. The molecule has 23 heavy (non-hydrogen) atoms. The van der Waals surface area contributed by atoms with E-state index in [-0.39, 0.29) is 29.4 Å². The highest BCUT2D eigenvalue weighted by Crippen LogP contribution is 2.39. The summed E-state index contributed by atoms with van der Waals surface area (Å²) in [5.74, 6) is 0.253. The van der Waals surface area contributed by atoms with Gasteiger partial charge in [0.1, 0.15) is 0 Å². The first-order valence-corrected chi connectivity index (χ1v) is 7.66. The second kappa shape index (κ2) is 8.31. The van der Waals surface area contributed by atoms with E-state index in [0.29, 0.717) is 6.54 Å². The van der Waals surface area contributed by atoms with Crippen LogP contribution in [0.5, 0.6) is 17.2 Å². The maximum Gasteiger partial charge on any atom is 0.387 e. The Morgan fingerprint density at radius 3 is 2.30 bits per heavy atom. The van der Waals surface area contributed by atoms with Crippen molar-refractivity contribution >= 4 is 0 Å². The minimum atomic E-state index is -2.96. The molecule has 0 amide bonds. The molecule has 0 bridgehead atoms. The van der Waals surface area contributed by atoms with Crippen LogP contribution in [0.2, 0.25) is 0 Å². The number of alkyl halides is 2. The number of halogens is 2. The third kappa shape index (κ3) is 4.68. The number of benzene rings is 1. The van der Waals surface area contributed by atoms with Crippen LogP contribution in [-0.4, -0.2) is 38.1 Å². The lowest BCUT2D eigenvalue weighted by molar-refractivity contribution is -0.0526. The van der Waals surface area contributed by atoms with E-state index in [0.717, 1.165) is 31.2 Å². The molecular weight excluding hydrogens is 308 g/mol. The molecule has 1 saturated carbocycles. The van der Waals surface area contributed by atoms with E-state index in [1.807, 2.05) is 0 Å². The molecule has 1 aliphatic rings. The van der Waals surface area contributed by atoms with Gasteiger partial charge in [-0.25, -0.2) is 0 Å². The summed E-state index contributed by atoms with van der Waals surface area (Å²) in [6, 6.07) is 3.29. The van der Waals surface area contributed by atoms with Crippen molar-refractivity contribution in [3.63, 3.8) is 0 Å². The Morgan fingerprint density at radius 2 is 1.78 bits per heavy atom. The van der Waals surface area contributed by atoms with E-state index in [1.165, 1.54) is 14.2 Å². The van der Waals surface area contributed by atoms with Gasteiger partial charge >= 0.3 is 6.61 Å². The van der Waals surface area contributed by atoms with Gasteiger partial charge in [-0.15, -0.1) is 0 Å². The Balaban J connectivity index is 2.12. The molecule has 0 aromatic heterocycles. The molecule has 0 saturated heterocycles. The molecule has 1 aromatic carbocycles. The van der Waals surface area contributed by atoms with E-state index in [2.05, 4.69) is 10.1 Å². The fourth-order valence-electron chi connectivity index (χ4n) is 2.84. The Morgan fingerprint density at radius 1 is 1.17 bits per heavy atom. The second-order valence-corrected chi connectivity index (χ2v) is 5.55. The summed E-state index contributed by atoms with van der Waals surface area (Å²) in [5.41, 5.74) is 0.804. The molecule has 7 heteroatoms. The molecule has 0 radical (unpaired) electrons. The van der Waals surface area contributed by atoms with Crippen LogP contribution in [0.3, 0.4) is 0 Å². The number of nitrogens with one attached hydrogen (secondary N) is 1. The van der Waals surface area contributed by atoms with Gasteiger partial charge in [-0.2, -0.15) is 8.78 Å². The number of aliphatic hydroxyl groups excluding tert-OH is 1. The summed E-state index contributed by atoms with van der Waals surface area (Å²) in [4.78, 5) is 0. The Kier molecular flexibility index (Phi) is 6.41. The van der Waals surface area contributed by atoms with Gasteiger partial charge < -0.3 is 24.6 Å². The average molecular weight is 331 g/mol. The number of aliphatic hydroxyl groups is 1. The average Bonchev–Trinajstić information content (AvgIpc) is 2.54. The highest BCUT2D eigenvalue weighted by atomic mass is 19.3. The van der Waals surface area contributed by atoms with Gasteiger partial charge in [-0.05, 0) is 30.5 Å². The smallest absolute Gasteiger partial charge is 0.387 e. The minimum Gasteiger partial charge on any atom is -0.493 e. The minimum absolute atomic E-state index is 0.0396. The largest absolute Gasteiger partial charge is 0.493 e. The first kappa shape index (κ1) is 17.7. The summed E-state index contributed by atoms with van der Waals surface area (Å²) in [7, 11) is 2.77. The van der Waals surface area contributed by atoms with Gasteiger partial charge in [0, 0.05) is 12.6 Å². The molecule has 1 fully saturated rings. The molecule has 0 aliphatic heterocycles.